The van der Waals surface area contributed by atoms with Crippen LogP contribution in [0.2, 0.25) is 0 Å². The van der Waals surface area contributed by atoms with Gasteiger partial charge in [0, 0.05) is 24.7 Å². The number of hydrogen-bond acceptors (Lipinski definition) is 4. The Morgan fingerprint density at radius 2 is 2.44 bits per heavy atom. The second-order valence-electron chi connectivity index (χ2n) is 4.44. The lowest BCUT2D eigenvalue weighted by Crippen LogP contribution is -2.10. The highest BCUT2D eigenvalue weighted by Gasteiger charge is 2.15. The van der Waals surface area contributed by atoms with Crippen LogP contribution in [0.5, 0.6) is 0 Å². The van der Waals surface area contributed by atoms with E-state index in [-0.39, 0.29) is 0 Å². The fourth-order valence-corrected chi connectivity index (χ4v) is 2.76. The van der Waals surface area contributed by atoms with Crippen molar-refractivity contribution in [1.29, 1.82) is 5.26 Å². The van der Waals surface area contributed by atoms with Crippen LogP contribution in [0.1, 0.15) is 18.4 Å². The monoisotopic (exact) mass is 262 g/mol. The summed E-state index contributed by atoms with van der Waals surface area (Å²) in [4.78, 5) is 1.03. The molecular weight excluding hydrogens is 244 g/mol. The summed E-state index contributed by atoms with van der Waals surface area (Å²) in [6, 6.07) is 8.24. The summed E-state index contributed by atoms with van der Waals surface area (Å²) in [7, 11) is 0. The molecular formula is C14H18N2OS. The summed E-state index contributed by atoms with van der Waals surface area (Å²) < 4.78 is 5.36. The van der Waals surface area contributed by atoms with Crippen molar-refractivity contribution in [3.05, 3.63) is 23.8 Å². The van der Waals surface area contributed by atoms with Crippen LogP contribution >= 0.6 is 11.8 Å². The van der Waals surface area contributed by atoms with Crippen molar-refractivity contribution in [2.24, 2.45) is 5.92 Å². The summed E-state index contributed by atoms with van der Waals surface area (Å²) in [5.74, 6) is 0.673. The summed E-state index contributed by atoms with van der Waals surface area (Å²) in [6.07, 6.45) is 4.27. The standard InChI is InChI=1S/C14H18N2OS/c1-18-14-4-2-3-13(12(14)9-15)16-7-5-11-6-8-17-10-11/h2-4,11,16H,5-8,10H2,1H3. The van der Waals surface area contributed by atoms with Crippen molar-refractivity contribution in [3.63, 3.8) is 0 Å². The molecule has 0 radical (unpaired) electrons. The third-order valence-electron chi connectivity index (χ3n) is 3.25. The van der Waals surface area contributed by atoms with Gasteiger partial charge in [-0.2, -0.15) is 5.26 Å². The normalized spacial score (nSPS) is 18.6. The zero-order chi connectivity index (χ0) is 12.8. The average Bonchev–Trinajstić information content (AvgIpc) is 2.91. The van der Waals surface area contributed by atoms with E-state index in [9.17, 15) is 5.26 Å². The lowest BCUT2D eigenvalue weighted by atomic mass is 10.1. The molecule has 0 aromatic heterocycles. The van der Waals surface area contributed by atoms with E-state index in [2.05, 4.69) is 11.4 Å². The lowest BCUT2D eigenvalue weighted by molar-refractivity contribution is 0.185. The fraction of sp³-hybridized carbons (Fsp3) is 0.500. The first-order chi connectivity index (χ1) is 8.85. The molecule has 1 saturated heterocycles. The van der Waals surface area contributed by atoms with E-state index < -0.39 is 0 Å². The number of nitriles is 1. The van der Waals surface area contributed by atoms with Crippen molar-refractivity contribution in [2.75, 3.05) is 31.3 Å². The molecule has 1 aromatic carbocycles. The van der Waals surface area contributed by atoms with Gasteiger partial charge in [0.15, 0.2) is 0 Å². The van der Waals surface area contributed by atoms with Gasteiger partial charge in [-0.25, -0.2) is 0 Å². The maximum atomic E-state index is 9.22. The first-order valence-corrected chi connectivity index (χ1v) is 7.46. The molecule has 0 amide bonds. The maximum Gasteiger partial charge on any atom is 0.102 e. The minimum atomic E-state index is 0.673. The number of nitrogens with zero attached hydrogens (tertiary/aromatic N) is 1. The van der Waals surface area contributed by atoms with Crippen molar-refractivity contribution >= 4 is 17.4 Å². The highest BCUT2D eigenvalue weighted by atomic mass is 32.2. The van der Waals surface area contributed by atoms with Crippen LogP contribution < -0.4 is 5.32 Å². The molecule has 2 rings (SSSR count). The molecule has 1 aromatic rings. The van der Waals surface area contributed by atoms with Crippen molar-refractivity contribution < 1.29 is 4.74 Å². The average molecular weight is 262 g/mol. The highest BCUT2D eigenvalue weighted by molar-refractivity contribution is 7.98. The van der Waals surface area contributed by atoms with Crippen LogP contribution in [0.15, 0.2) is 23.1 Å². The minimum absolute atomic E-state index is 0.673. The second-order valence-corrected chi connectivity index (χ2v) is 5.29. The molecule has 1 N–H and O–H groups in total. The van der Waals surface area contributed by atoms with Crippen LogP contribution in [0.4, 0.5) is 5.69 Å². The van der Waals surface area contributed by atoms with Gasteiger partial charge < -0.3 is 10.1 Å². The van der Waals surface area contributed by atoms with Gasteiger partial charge in [-0.3, -0.25) is 0 Å². The number of nitrogens with one attached hydrogen (secondary N) is 1. The molecule has 96 valence electrons. The van der Waals surface area contributed by atoms with Gasteiger partial charge in [-0.1, -0.05) is 6.07 Å². The summed E-state index contributed by atoms with van der Waals surface area (Å²) in [5.41, 5.74) is 1.70. The quantitative estimate of drug-likeness (QED) is 0.828. The fourth-order valence-electron chi connectivity index (χ4n) is 2.19. The van der Waals surface area contributed by atoms with Crippen LogP contribution in [-0.4, -0.2) is 26.0 Å². The van der Waals surface area contributed by atoms with Crippen molar-refractivity contribution in [2.45, 2.75) is 17.7 Å². The first-order valence-electron chi connectivity index (χ1n) is 6.24. The minimum Gasteiger partial charge on any atom is -0.384 e. The Hall–Kier alpha value is -1.18. The van der Waals surface area contributed by atoms with Gasteiger partial charge in [-0.15, -0.1) is 11.8 Å². The van der Waals surface area contributed by atoms with Crippen LogP contribution in [-0.2, 0) is 4.74 Å². The van der Waals surface area contributed by atoms with Gasteiger partial charge in [0.1, 0.15) is 6.07 Å². The number of rotatable bonds is 5. The third kappa shape index (κ3) is 3.18. The number of thioether (sulfide) groups is 1. The van der Waals surface area contributed by atoms with Crippen LogP contribution in [0.3, 0.4) is 0 Å². The molecule has 0 saturated carbocycles. The molecule has 1 aliphatic rings. The van der Waals surface area contributed by atoms with E-state index >= 15 is 0 Å². The zero-order valence-corrected chi connectivity index (χ0v) is 11.4. The number of benzene rings is 1. The molecule has 1 heterocycles. The van der Waals surface area contributed by atoms with Gasteiger partial charge >= 0.3 is 0 Å². The topological polar surface area (TPSA) is 45.0 Å². The Kier molecular flexibility index (Phi) is 4.91. The van der Waals surface area contributed by atoms with Crippen molar-refractivity contribution in [3.8, 4) is 6.07 Å². The largest absolute Gasteiger partial charge is 0.384 e. The molecule has 3 nitrogen and oxygen atoms in total. The molecule has 4 heteroatoms. The highest BCUT2D eigenvalue weighted by Crippen LogP contribution is 2.26. The lowest BCUT2D eigenvalue weighted by Gasteiger charge is -2.12. The number of anilines is 1. The summed E-state index contributed by atoms with van der Waals surface area (Å²) >= 11 is 1.61. The molecule has 0 spiro atoms. The zero-order valence-electron chi connectivity index (χ0n) is 10.6. The van der Waals surface area contributed by atoms with E-state index in [0.29, 0.717) is 5.92 Å². The summed E-state index contributed by atoms with van der Waals surface area (Å²) in [6.45, 7) is 2.69. The summed E-state index contributed by atoms with van der Waals surface area (Å²) in [5, 5.41) is 12.6. The Labute approximate surface area is 113 Å². The van der Waals surface area contributed by atoms with Crippen LogP contribution in [0, 0.1) is 17.2 Å². The molecule has 1 unspecified atom stereocenters. The Morgan fingerprint density at radius 1 is 1.56 bits per heavy atom. The first kappa shape index (κ1) is 13.3. The van der Waals surface area contributed by atoms with Gasteiger partial charge in [-0.05, 0) is 37.1 Å². The Balaban J connectivity index is 1.94. The Bertz CT molecular complexity index is 436. The third-order valence-corrected chi connectivity index (χ3v) is 4.03. The maximum absolute atomic E-state index is 9.22. The molecule has 18 heavy (non-hydrogen) atoms. The van der Waals surface area contributed by atoms with E-state index in [1.54, 1.807) is 11.8 Å². The van der Waals surface area contributed by atoms with E-state index in [1.165, 1.54) is 0 Å². The molecule has 1 fully saturated rings. The molecule has 1 atom stereocenters. The molecule has 0 aliphatic carbocycles. The predicted octanol–water partition coefficient (Wildman–Crippen LogP) is 3.12. The SMILES string of the molecule is CSc1cccc(NCCC2CCOC2)c1C#N. The second kappa shape index (κ2) is 6.67. The van der Waals surface area contributed by atoms with E-state index in [1.807, 2.05) is 24.5 Å². The smallest absolute Gasteiger partial charge is 0.102 e. The predicted molar refractivity (Wildman–Crippen MR) is 75.0 cm³/mol. The molecule has 0 bridgehead atoms. The molecule has 1 aliphatic heterocycles. The van der Waals surface area contributed by atoms with E-state index in [0.717, 1.165) is 48.7 Å². The van der Waals surface area contributed by atoms with E-state index in [4.69, 9.17) is 4.74 Å². The van der Waals surface area contributed by atoms with Gasteiger partial charge in [0.25, 0.3) is 0 Å². The van der Waals surface area contributed by atoms with Gasteiger partial charge in [0.05, 0.1) is 11.3 Å². The van der Waals surface area contributed by atoms with Crippen molar-refractivity contribution in [1.82, 2.24) is 0 Å². The number of hydrogen-bond donors (Lipinski definition) is 1. The number of ether oxygens (including phenoxy) is 1. The Morgan fingerprint density at radius 3 is 3.11 bits per heavy atom. The van der Waals surface area contributed by atoms with Gasteiger partial charge in [0.2, 0.25) is 0 Å². The van der Waals surface area contributed by atoms with Crippen LogP contribution in [0.25, 0.3) is 0 Å².